The van der Waals surface area contributed by atoms with Crippen LogP contribution in [0.5, 0.6) is 0 Å². The number of nitrogens with one attached hydrogen (secondary N) is 1. The molecule has 6 nitrogen and oxygen atoms in total. The van der Waals surface area contributed by atoms with E-state index in [1.807, 2.05) is 22.6 Å². The second kappa shape index (κ2) is 9.34. The third-order valence-corrected chi connectivity index (χ3v) is 8.18. The van der Waals surface area contributed by atoms with Crippen molar-refractivity contribution in [3.63, 3.8) is 0 Å². The van der Waals surface area contributed by atoms with Crippen LogP contribution >= 0.6 is 11.8 Å². The topological polar surface area (TPSA) is 69.7 Å². The van der Waals surface area contributed by atoms with E-state index in [2.05, 4.69) is 41.7 Å². The van der Waals surface area contributed by atoms with E-state index in [1.54, 1.807) is 4.90 Å². The summed E-state index contributed by atoms with van der Waals surface area (Å²) < 4.78 is 1.88. The fraction of sp³-hybridized carbons (Fsp3) is 0.345. The van der Waals surface area contributed by atoms with Crippen LogP contribution in [0.15, 0.2) is 54.6 Å². The van der Waals surface area contributed by atoms with Gasteiger partial charge in [-0.3, -0.25) is 24.6 Å². The van der Waals surface area contributed by atoms with Crippen molar-refractivity contribution in [3.05, 3.63) is 76.9 Å². The molecule has 3 aromatic rings. The highest BCUT2D eigenvalue weighted by Gasteiger charge is 2.40. The van der Waals surface area contributed by atoms with E-state index in [-0.39, 0.29) is 18.2 Å². The van der Waals surface area contributed by atoms with Crippen molar-refractivity contribution in [1.82, 2.24) is 9.74 Å². The molecule has 36 heavy (non-hydrogen) atoms. The molecule has 0 saturated carbocycles. The number of hydrogen-bond donors (Lipinski definition) is 1. The van der Waals surface area contributed by atoms with Crippen molar-refractivity contribution in [3.8, 4) is 0 Å². The molecule has 2 fully saturated rings. The van der Waals surface area contributed by atoms with Gasteiger partial charge in [0, 0.05) is 30.5 Å². The van der Waals surface area contributed by atoms with Crippen LogP contribution in [0, 0.1) is 5.92 Å². The molecular formula is C29H28ClN3O3. The Morgan fingerprint density at radius 3 is 2.39 bits per heavy atom. The van der Waals surface area contributed by atoms with E-state index < -0.39 is 11.9 Å². The zero-order valence-electron chi connectivity index (χ0n) is 20.0. The molecule has 3 amide bonds. The van der Waals surface area contributed by atoms with Gasteiger partial charge in [0.2, 0.25) is 11.8 Å². The number of hydrogen-bond acceptors (Lipinski definition) is 4. The lowest BCUT2D eigenvalue weighted by molar-refractivity contribution is -0.134. The Hall–Kier alpha value is -3.22. The summed E-state index contributed by atoms with van der Waals surface area (Å²) in [5, 5.41) is 4.31. The van der Waals surface area contributed by atoms with Gasteiger partial charge in [0.1, 0.15) is 6.04 Å². The van der Waals surface area contributed by atoms with Crippen molar-refractivity contribution in [2.45, 2.75) is 44.6 Å². The van der Waals surface area contributed by atoms with Gasteiger partial charge >= 0.3 is 0 Å². The van der Waals surface area contributed by atoms with Crippen LogP contribution < -0.4 is 10.2 Å². The summed E-state index contributed by atoms with van der Waals surface area (Å²) in [5.41, 5.74) is 5.10. The van der Waals surface area contributed by atoms with Gasteiger partial charge in [-0.2, -0.15) is 0 Å². The van der Waals surface area contributed by atoms with Crippen molar-refractivity contribution in [1.29, 1.82) is 0 Å². The van der Waals surface area contributed by atoms with Crippen molar-refractivity contribution in [2.24, 2.45) is 5.92 Å². The number of carbonyl (C=O) groups is 3. The summed E-state index contributed by atoms with van der Waals surface area (Å²) in [4.78, 5) is 39.1. The number of nitrogens with zero attached hydrogens (tertiary/aromatic N) is 2. The average molecular weight is 502 g/mol. The maximum atomic E-state index is 13.3. The number of halogens is 1. The highest BCUT2D eigenvalue weighted by Crippen LogP contribution is 2.41. The molecule has 0 aromatic heterocycles. The van der Waals surface area contributed by atoms with Gasteiger partial charge in [0.05, 0.1) is 5.69 Å². The lowest BCUT2D eigenvalue weighted by atomic mass is 9.90. The number of piperidine rings is 2. The number of imide groups is 1. The zero-order valence-corrected chi connectivity index (χ0v) is 20.8. The molecule has 3 aliphatic heterocycles. The first-order chi connectivity index (χ1) is 17.5. The summed E-state index contributed by atoms with van der Waals surface area (Å²) in [6.07, 6.45) is 4.70. The summed E-state index contributed by atoms with van der Waals surface area (Å²) in [7, 11) is 0. The number of benzene rings is 3. The molecule has 1 unspecified atom stereocenters. The molecule has 6 rings (SSSR count). The number of anilines is 1. The van der Waals surface area contributed by atoms with Crippen molar-refractivity contribution in [2.75, 3.05) is 18.0 Å². The maximum absolute atomic E-state index is 13.3. The molecule has 7 heteroatoms. The van der Waals surface area contributed by atoms with Gasteiger partial charge in [-0.15, -0.1) is 0 Å². The van der Waals surface area contributed by atoms with Crippen LogP contribution in [0.4, 0.5) is 5.69 Å². The lowest BCUT2D eigenvalue weighted by Gasteiger charge is -2.30. The van der Waals surface area contributed by atoms with Crippen LogP contribution in [-0.4, -0.2) is 41.3 Å². The third-order valence-electron chi connectivity index (χ3n) is 7.84. The Morgan fingerprint density at radius 1 is 0.889 bits per heavy atom. The standard InChI is InChI=1S/C29H28ClN3O3/c30-32-14-12-20(13-15-32)16-18-4-6-19(7-5-18)17-21-8-9-24-27-22(21)2-1-3-23(27)29(36)33(24)25-10-11-26(34)31-28(25)35/h1-9,20,25H,10-17H2,(H,31,34,35). The predicted molar refractivity (Wildman–Crippen MR) is 140 cm³/mol. The fourth-order valence-corrected chi connectivity index (χ4v) is 6.11. The lowest BCUT2D eigenvalue weighted by Crippen LogP contribution is -2.53. The SMILES string of the molecule is O=C1CCC(N2C(=O)c3cccc4c(Cc5ccc(CC6CCN(Cl)CC6)cc5)ccc2c34)C(=O)N1. The molecular weight excluding hydrogens is 474 g/mol. The molecule has 3 aromatic carbocycles. The van der Waals surface area contributed by atoms with Gasteiger partial charge in [-0.1, -0.05) is 42.5 Å². The highest BCUT2D eigenvalue weighted by atomic mass is 35.5. The molecule has 0 aliphatic carbocycles. The van der Waals surface area contributed by atoms with Crippen molar-refractivity contribution >= 4 is 46.0 Å². The minimum atomic E-state index is -0.666. The molecule has 1 atom stereocenters. The van der Waals surface area contributed by atoms with Gasteiger partial charge in [-0.05, 0) is 84.0 Å². The smallest absolute Gasteiger partial charge is 0.259 e. The van der Waals surface area contributed by atoms with Crippen LogP contribution in [0.2, 0.25) is 0 Å². The Balaban J connectivity index is 1.25. The van der Waals surface area contributed by atoms with E-state index in [0.29, 0.717) is 17.9 Å². The minimum Gasteiger partial charge on any atom is -0.295 e. The Labute approximate surface area is 215 Å². The van der Waals surface area contributed by atoms with E-state index >= 15 is 0 Å². The first kappa shape index (κ1) is 23.2. The van der Waals surface area contributed by atoms with Crippen LogP contribution in [0.1, 0.15) is 52.7 Å². The Morgan fingerprint density at radius 2 is 1.64 bits per heavy atom. The predicted octanol–water partition coefficient (Wildman–Crippen LogP) is 4.60. The zero-order chi connectivity index (χ0) is 24.8. The fourth-order valence-electron chi connectivity index (χ4n) is 5.91. The van der Waals surface area contributed by atoms with E-state index in [4.69, 9.17) is 11.8 Å². The summed E-state index contributed by atoms with van der Waals surface area (Å²) in [5.74, 6) is -0.177. The maximum Gasteiger partial charge on any atom is 0.259 e. The molecule has 184 valence electrons. The van der Waals surface area contributed by atoms with E-state index in [9.17, 15) is 14.4 Å². The normalized spacial score (nSPS) is 20.9. The van der Waals surface area contributed by atoms with Gasteiger partial charge in [0.25, 0.3) is 5.91 Å². The highest BCUT2D eigenvalue weighted by molar-refractivity contribution is 6.27. The molecule has 3 aliphatic rings. The monoisotopic (exact) mass is 501 g/mol. The number of carbonyl (C=O) groups excluding carboxylic acids is 3. The largest absolute Gasteiger partial charge is 0.295 e. The molecule has 0 radical (unpaired) electrons. The number of rotatable bonds is 5. The van der Waals surface area contributed by atoms with Crippen molar-refractivity contribution < 1.29 is 14.4 Å². The van der Waals surface area contributed by atoms with Crippen LogP contribution in [0.25, 0.3) is 10.8 Å². The van der Waals surface area contributed by atoms with Gasteiger partial charge in [0.15, 0.2) is 0 Å². The van der Waals surface area contributed by atoms with Gasteiger partial charge in [-0.25, -0.2) is 4.42 Å². The second-order valence-corrected chi connectivity index (χ2v) is 10.6. The quantitative estimate of drug-likeness (QED) is 0.409. The first-order valence-electron chi connectivity index (χ1n) is 12.7. The van der Waals surface area contributed by atoms with E-state index in [1.165, 1.54) is 11.1 Å². The first-order valence-corrected chi connectivity index (χ1v) is 13.0. The van der Waals surface area contributed by atoms with Crippen LogP contribution in [-0.2, 0) is 22.4 Å². The second-order valence-electron chi connectivity index (χ2n) is 10.2. The minimum absolute atomic E-state index is 0.174. The van der Waals surface area contributed by atoms with E-state index in [0.717, 1.165) is 60.8 Å². The third kappa shape index (κ3) is 4.18. The van der Waals surface area contributed by atoms with Crippen LogP contribution in [0.3, 0.4) is 0 Å². The molecule has 3 heterocycles. The molecule has 0 spiro atoms. The summed E-state index contributed by atoms with van der Waals surface area (Å²) in [6, 6.07) is 18.0. The summed E-state index contributed by atoms with van der Waals surface area (Å²) in [6.45, 7) is 1.91. The number of amides is 3. The Bertz CT molecular complexity index is 1360. The molecule has 2 saturated heterocycles. The Kier molecular flexibility index (Phi) is 6.02. The molecule has 0 bridgehead atoms. The summed E-state index contributed by atoms with van der Waals surface area (Å²) >= 11 is 6.10. The molecule has 1 N–H and O–H groups in total. The van der Waals surface area contributed by atoms with Gasteiger partial charge < -0.3 is 0 Å². The average Bonchev–Trinajstić information content (AvgIpc) is 3.16.